The summed E-state index contributed by atoms with van der Waals surface area (Å²) in [6, 6.07) is 0. The first-order valence-corrected chi connectivity index (χ1v) is 7.60. The van der Waals surface area contributed by atoms with Crippen LogP contribution in [0.3, 0.4) is 0 Å². The number of nitrogens with one attached hydrogen (secondary N) is 1. The normalized spacial score (nSPS) is 11.8. The molecule has 1 N–H and O–H groups in total. The number of aromatic nitrogens is 3. The molecule has 0 bridgehead atoms. The highest BCUT2D eigenvalue weighted by atomic mass is 32.1. The molecule has 2 aromatic heterocycles. The SMILES string of the molecule is CCNc1nnc(-c2sc(C)nc2C(C)(C)C)s1. The molecule has 6 heteroatoms. The monoisotopic (exact) mass is 282 g/mol. The van der Waals surface area contributed by atoms with Crippen LogP contribution < -0.4 is 5.32 Å². The molecule has 0 radical (unpaired) electrons. The molecular weight excluding hydrogens is 264 g/mol. The van der Waals surface area contributed by atoms with Crippen LogP contribution in [0.5, 0.6) is 0 Å². The predicted molar refractivity (Wildman–Crippen MR) is 78.6 cm³/mol. The van der Waals surface area contributed by atoms with Gasteiger partial charge in [0.1, 0.15) is 0 Å². The summed E-state index contributed by atoms with van der Waals surface area (Å²) in [5.74, 6) is 0. The minimum atomic E-state index is 0.0319. The fourth-order valence-electron chi connectivity index (χ4n) is 1.62. The zero-order chi connectivity index (χ0) is 13.3. The molecule has 0 saturated carbocycles. The molecule has 0 unspecified atom stereocenters. The van der Waals surface area contributed by atoms with Gasteiger partial charge in [0, 0.05) is 12.0 Å². The Morgan fingerprint density at radius 3 is 2.50 bits per heavy atom. The summed E-state index contributed by atoms with van der Waals surface area (Å²) < 4.78 is 0. The zero-order valence-electron chi connectivity index (χ0n) is 11.4. The molecule has 18 heavy (non-hydrogen) atoms. The second-order valence-corrected chi connectivity index (χ2v) is 7.28. The van der Waals surface area contributed by atoms with Gasteiger partial charge in [0.15, 0.2) is 5.01 Å². The Morgan fingerprint density at radius 1 is 1.17 bits per heavy atom. The summed E-state index contributed by atoms with van der Waals surface area (Å²) >= 11 is 3.29. The van der Waals surface area contributed by atoms with Gasteiger partial charge < -0.3 is 5.32 Å². The highest BCUT2D eigenvalue weighted by Gasteiger charge is 2.25. The van der Waals surface area contributed by atoms with Gasteiger partial charge in [-0.1, -0.05) is 32.1 Å². The summed E-state index contributed by atoms with van der Waals surface area (Å²) in [7, 11) is 0. The van der Waals surface area contributed by atoms with Crippen molar-refractivity contribution in [3.05, 3.63) is 10.7 Å². The van der Waals surface area contributed by atoms with E-state index in [0.717, 1.165) is 32.3 Å². The Balaban J connectivity index is 2.43. The fourth-order valence-corrected chi connectivity index (χ4v) is 3.63. The average molecular weight is 282 g/mol. The van der Waals surface area contributed by atoms with Crippen molar-refractivity contribution in [2.24, 2.45) is 0 Å². The van der Waals surface area contributed by atoms with E-state index in [4.69, 9.17) is 0 Å². The molecule has 0 aliphatic rings. The first kappa shape index (κ1) is 13.4. The lowest BCUT2D eigenvalue weighted by Crippen LogP contribution is -2.12. The van der Waals surface area contributed by atoms with E-state index >= 15 is 0 Å². The Kier molecular flexibility index (Phi) is 3.68. The van der Waals surface area contributed by atoms with Gasteiger partial charge in [0.25, 0.3) is 0 Å². The van der Waals surface area contributed by atoms with Crippen molar-refractivity contribution in [2.75, 3.05) is 11.9 Å². The lowest BCUT2D eigenvalue weighted by atomic mass is 9.91. The first-order chi connectivity index (χ1) is 8.41. The second kappa shape index (κ2) is 4.93. The third-order valence-corrected chi connectivity index (χ3v) is 4.40. The van der Waals surface area contributed by atoms with Gasteiger partial charge in [0.2, 0.25) is 5.13 Å². The molecule has 2 aromatic rings. The van der Waals surface area contributed by atoms with Crippen LogP contribution in [0.1, 0.15) is 38.4 Å². The van der Waals surface area contributed by atoms with E-state index in [0.29, 0.717) is 0 Å². The summed E-state index contributed by atoms with van der Waals surface area (Å²) in [6.07, 6.45) is 0. The van der Waals surface area contributed by atoms with Gasteiger partial charge in [0.05, 0.1) is 15.6 Å². The van der Waals surface area contributed by atoms with Crippen LogP contribution in [0.25, 0.3) is 9.88 Å². The Hall–Kier alpha value is -1.01. The molecule has 2 heterocycles. The molecule has 2 rings (SSSR count). The molecule has 0 amide bonds. The van der Waals surface area contributed by atoms with Gasteiger partial charge >= 0.3 is 0 Å². The number of rotatable bonds is 3. The summed E-state index contributed by atoms with van der Waals surface area (Å²) in [5, 5.41) is 14.5. The Bertz CT molecular complexity index is 537. The van der Waals surface area contributed by atoms with Crippen LogP contribution in [-0.4, -0.2) is 21.7 Å². The lowest BCUT2D eigenvalue weighted by molar-refractivity contribution is 0.573. The molecule has 0 saturated heterocycles. The summed E-state index contributed by atoms with van der Waals surface area (Å²) in [4.78, 5) is 5.80. The highest BCUT2D eigenvalue weighted by Crippen LogP contribution is 2.38. The summed E-state index contributed by atoms with van der Waals surface area (Å²) in [6.45, 7) is 11.5. The van der Waals surface area contributed by atoms with Gasteiger partial charge in [-0.25, -0.2) is 4.98 Å². The quantitative estimate of drug-likeness (QED) is 0.932. The van der Waals surface area contributed by atoms with Crippen molar-refractivity contribution in [1.29, 1.82) is 0 Å². The van der Waals surface area contributed by atoms with Crippen LogP contribution in [-0.2, 0) is 5.41 Å². The maximum atomic E-state index is 4.65. The van der Waals surface area contributed by atoms with E-state index in [1.54, 1.807) is 22.7 Å². The van der Waals surface area contributed by atoms with E-state index in [-0.39, 0.29) is 5.41 Å². The van der Waals surface area contributed by atoms with Crippen molar-refractivity contribution in [3.8, 4) is 9.88 Å². The number of aryl methyl sites for hydroxylation is 1. The van der Waals surface area contributed by atoms with Crippen molar-refractivity contribution in [3.63, 3.8) is 0 Å². The van der Waals surface area contributed by atoms with E-state index in [2.05, 4.69) is 48.2 Å². The van der Waals surface area contributed by atoms with Gasteiger partial charge in [-0.3, -0.25) is 0 Å². The number of anilines is 1. The second-order valence-electron chi connectivity index (χ2n) is 5.10. The lowest BCUT2D eigenvalue weighted by Gasteiger charge is -2.16. The van der Waals surface area contributed by atoms with Crippen molar-refractivity contribution in [2.45, 2.75) is 40.0 Å². The third kappa shape index (κ3) is 2.70. The highest BCUT2D eigenvalue weighted by molar-refractivity contribution is 7.23. The largest absolute Gasteiger partial charge is 0.360 e. The average Bonchev–Trinajstić information content (AvgIpc) is 2.84. The standard InChI is InChI=1S/C12H18N4S2/c1-6-13-11-16-15-10(18-11)8-9(12(3,4)5)14-7(2)17-8/h6H2,1-5H3,(H,13,16). The van der Waals surface area contributed by atoms with E-state index < -0.39 is 0 Å². The molecular formula is C12H18N4S2. The van der Waals surface area contributed by atoms with E-state index in [1.807, 2.05) is 6.92 Å². The van der Waals surface area contributed by atoms with Gasteiger partial charge in [-0.15, -0.1) is 21.5 Å². The molecule has 98 valence electrons. The van der Waals surface area contributed by atoms with Crippen molar-refractivity contribution in [1.82, 2.24) is 15.2 Å². The minimum absolute atomic E-state index is 0.0319. The van der Waals surface area contributed by atoms with E-state index in [1.165, 1.54) is 0 Å². The van der Waals surface area contributed by atoms with Gasteiger partial charge in [-0.2, -0.15) is 0 Å². The summed E-state index contributed by atoms with van der Waals surface area (Å²) in [5.41, 5.74) is 1.15. The van der Waals surface area contributed by atoms with Crippen molar-refractivity contribution < 1.29 is 0 Å². The predicted octanol–water partition coefficient (Wildman–Crippen LogP) is 3.70. The maximum absolute atomic E-state index is 4.65. The number of hydrogen-bond donors (Lipinski definition) is 1. The molecule has 0 atom stereocenters. The molecule has 0 aromatic carbocycles. The zero-order valence-corrected chi connectivity index (χ0v) is 13.0. The number of nitrogens with zero attached hydrogens (tertiary/aromatic N) is 3. The fraction of sp³-hybridized carbons (Fsp3) is 0.583. The van der Waals surface area contributed by atoms with Crippen LogP contribution >= 0.6 is 22.7 Å². The van der Waals surface area contributed by atoms with E-state index in [9.17, 15) is 0 Å². The molecule has 0 aliphatic heterocycles. The first-order valence-electron chi connectivity index (χ1n) is 5.97. The topological polar surface area (TPSA) is 50.7 Å². The third-order valence-electron chi connectivity index (χ3n) is 2.39. The maximum Gasteiger partial charge on any atom is 0.206 e. The van der Waals surface area contributed by atoms with Crippen LogP contribution in [0.4, 0.5) is 5.13 Å². The van der Waals surface area contributed by atoms with Crippen LogP contribution in [0.2, 0.25) is 0 Å². The molecule has 4 nitrogen and oxygen atoms in total. The molecule has 0 fully saturated rings. The Labute approximate surface area is 116 Å². The number of thiazole rings is 1. The minimum Gasteiger partial charge on any atom is -0.360 e. The smallest absolute Gasteiger partial charge is 0.206 e. The van der Waals surface area contributed by atoms with Crippen molar-refractivity contribution >= 4 is 27.8 Å². The van der Waals surface area contributed by atoms with Gasteiger partial charge in [-0.05, 0) is 13.8 Å². The van der Waals surface area contributed by atoms with Crippen LogP contribution in [0.15, 0.2) is 0 Å². The number of hydrogen-bond acceptors (Lipinski definition) is 6. The molecule has 0 aliphatic carbocycles. The van der Waals surface area contributed by atoms with Crippen LogP contribution in [0, 0.1) is 6.92 Å². The Morgan fingerprint density at radius 2 is 1.89 bits per heavy atom. The molecule has 0 spiro atoms.